The van der Waals surface area contributed by atoms with Gasteiger partial charge in [0, 0.05) is 6.08 Å². The first-order chi connectivity index (χ1) is 16.2. The number of carbonyl (C=O) groups excluding carboxylic acids is 1. The lowest BCUT2D eigenvalue weighted by molar-refractivity contribution is -0.117. The van der Waals surface area contributed by atoms with Crippen LogP contribution in [0.1, 0.15) is 61.8 Å². The molecule has 0 spiro atoms. The maximum atomic E-state index is 12.7. The van der Waals surface area contributed by atoms with Crippen molar-refractivity contribution in [3.8, 4) is 5.75 Å². The average molecular weight is 442 g/mol. The van der Waals surface area contributed by atoms with E-state index in [-0.39, 0.29) is 11.9 Å². The van der Waals surface area contributed by atoms with Crippen LogP contribution in [-0.4, -0.2) is 12.5 Å². The molecular weight excluding hydrogens is 406 g/mol. The molecule has 0 aliphatic rings. The van der Waals surface area contributed by atoms with E-state index in [4.69, 9.17) is 4.74 Å². The third-order valence-corrected chi connectivity index (χ3v) is 5.62. The first-order valence-corrected chi connectivity index (χ1v) is 12.0. The largest absolute Gasteiger partial charge is 0.494 e. The standard InChI is InChI=1S/C30H35NO2/c1-2-3-4-5-12-23-33-28-20-17-25(18-21-28)19-22-30(32)31-29(27-15-10-7-11-16-27)24-26-13-8-6-9-14-26/h6-11,13-22,29H,2-5,12,23-24H2,1H3,(H,31,32)/b22-19+. The molecule has 1 N–H and O–H groups in total. The van der Waals surface area contributed by atoms with E-state index in [0.717, 1.165) is 36.3 Å². The highest BCUT2D eigenvalue weighted by Crippen LogP contribution is 2.19. The fourth-order valence-corrected chi connectivity index (χ4v) is 3.75. The topological polar surface area (TPSA) is 38.3 Å². The first kappa shape index (κ1) is 24.3. The smallest absolute Gasteiger partial charge is 0.244 e. The van der Waals surface area contributed by atoms with Crippen LogP contribution in [0, 0.1) is 0 Å². The molecule has 3 nitrogen and oxygen atoms in total. The summed E-state index contributed by atoms with van der Waals surface area (Å²) in [6, 6.07) is 28.2. The van der Waals surface area contributed by atoms with E-state index in [1.54, 1.807) is 6.08 Å². The van der Waals surface area contributed by atoms with Crippen LogP contribution in [-0.2, 0) is 11.2 Å². The summed E-state index contributed by atoms with van der Waals surface area (Å²) in [6.07, 6.45) is 10.3. The van der Waals surface area contributed by atoms with Gasteiger partial charge >= 0.3 is 0 Å². The van der Waals surface area contributed by atoms with Gasteiger partial charge in [-0.15, -0.1) is 0 Å². The summed E-state index contributed by atoms with van der Waals surface area (Å²) in [7, 11) is 0. The second kappa shape index (κ2) is 13.9. The number of amides is 1. The van der Waals surface area contributed by atoms with Crippen LogP contribution in [0.5, 0.6) is 5.75 Å². The summed E-state index contributed by atoms with van der Waals surface area (Å²) < 4.78 is 5.82. The number of hydrogen-bond donors (Lipinski definition) is 1. The summed E-state index contributed by atoms with van der Waals surface area (Å²) in [5.74, 6) is 0.770. The molecule has 3 heteroatoms. The zero-order valence-electron chi connectivity index (χ0n) is 19.6. The van der Waals surface area contributed by atoms with Gasteiger partial charge in [0.2, 0.25) is 5.91 Å². The third kappa shape index (κ3) is 8.97. The van der Waals surface area contributed by atoms with E-state index < -0.39 is 0 Å². The highest BCUT2D eigenvalue weighted by molar-refractivity contribution is 5.92. The monoisotopic (exact) mass is 441 g/mol. The van der Waals surface area contributed by atoms with Gasteiger partial charge in [-0.1, -0.05) is 105 Å². The Kier molecular flexibility index (Phi) is 10.3. The minimum absolute atomic E-state index is 0.0844. The maximum absolute atomic E-state index is 12.7. The zero-order chi connectivity index (χ0) is 23.1. The molecule has 0 saturated heterocycles. The predicted octanol–water partition coefficient (Wildman–Crippen LogP) is 7.15. The molecule has 3 aromatic rings. The first-order valence-electron chi connectivity index (χ1n) is 12.0. The normalized spacial score (nSPS) is 11.9. The molecule has 0 aliphatic heterocycles. The van der Waals surface area contributed by atoms with E-state index in [1.165, 1.54) is 31.2 Å². The van der Waals surface area contributed by atoms with Crippen molar-refractivity contribution in [3.05, 3.63) is 108 Å². The predicted molar refractivity (Wildman–Crippen MR) is 137 cm³/mol. The van der Waals surface area contributed by atoms with Crippen LogP contribution in [0.3, 0.4) is 0 Å². The molecule has 0 fully saturated rings. The van der Waals surface area contributed by atoms with Gasteiger partial charge in [0.25, 0.3) is 0 Å². The van der Waals surface area contributed by atoms with Gasteiger partial charge in [0.05, 0.1) is 12.6 Å². The van der Waals surface area contributed by atoms with Crippen LogP contribution < -0.4 is 10.1 Å². The van der Waals surface area contributed by atoms with E-state index in [9.17, 15) is 4.79 Å². The molecule has 0 saturated carbocycles. The Labute approximate surface area is 198 Å². The van der Waals surface area contributed by atoms with E-state index in [0.29, 0.717) is 0 Å². The summed E-state index contributed by atoms with van der Waals surface area (Å²) in [4.78, 5) is 12.7. The summed E-state index contributed by atoms with van der Waals surface area (Å²) >= 11 is 0. The van der Waals surface area contributed by atoms with E-state index in [2.05, 4.69) is 36.5 Å². The summed E-state index contributed by atoms with van der Waals surface area (Å²) in [6.45, 7) is 2.98. The molecule has 0 heterocycles. The van der Waals surface area contributed by atoms with Crippen molar-refractivity contribution in [2.75, 3.05) is 6.61 Å². The lowest BCUT2D eigenvalue weighted by Gasteiger charge is -2.18. The molecule has 0 bridgehead atoms. The third-order valence-electron chi connectivity index (χ3n) is 5.62. The molecule has 0 aromatic heterocycles. The Bertz CT molecular complexity index is 965. The van der Waals surface area contributed by atoms with Crippen molar-refractivity contribution >= 4 is 12.0 Å². The highest BCUT2D eigenvalue weighted by Gasteiger charge is 2.14. The van der Waals surface area contributed by atoms with Crippen LogP contribution in [0.4, 0.5) is 0 Å². The highest BCUT2D eigenvalue weighted by atomic mass is 16.5. The van der Waals surface area contributed by atoms with E-state index in [1.807, 2.05) is 66.7 Å². The number of benzene rings is 3. The molecule has 33 heavy (non-hydrogen) atoms. The lowest BCUT2D eigenvalue weighted by atomic mass is 9.99. The molecular formula is C30H35NO2. The van der Waals surface area contributed by atoms with Crippen molar-refractivity contribution in [1.82, 2.24) is 5.32 Å². The molecule has 172 valence electrons. The van der Waals surface area contributed by atoms with Crippen LogP contribution >= 0.6 is 0 Å². The summed E-state index contributed by atoms with van der Waals surface area (Å²) in [5, 5.41) is 3.16. The Hall–Kier alpha value is -3.33. The Morgan fingerprint density at radius 1 is 0.848 bits per heavy atom. The molecule has 1 unspecified atom stereocenters. The Morgan fingerprint density at radius 3 is 2.21 bits per heavy atom. The van der Waals surface area contributed by atoms with Crippen LogP contribution in [0.25, 0.3) is 6.08 Å². The second-order valence-electron chi connectivity index (χ2n) is 8.33. The summed E-state index contributed by atoms with van der Waals surface area (Å²) in [5.41, 5.74) is 3.26. The molecule has 0 radical (unpaired) electrons. The number of ether oxygens (including phenoxy) is 1. The zero-order valence-corrected chi connectivity index (χ0v) is 19.6. The average Bonchev–Trinajstić information content (AvgIpc) is 2.86. The molecule has 0 aliphatic carbocycles. The van der Waals surface area contributed by atoms with Gasteiger partial charge in [-0.05, 0) is 47.7 Å². The van der Waals surface area contributed by atoms with Gasteiger partial charge in [-0.25, -0.2) is 0 Å². The van der Waals surface area contributed by atoms with Gasteiger partial charge in [-0.3, -0.25) is 4.79 Å². The number of rotatable bonds is 13. The number of nitrogens with one attached hydrogen (secondary N) is 1. The van der Waals surface area contributed by atoms with Gasteiger partial charge in [0.15, 0.2) is 0 Å². The van der Waals surface area contributed by atoms with Crippen LogP contribution in [0.15, 0.2) is 91.0 Å². The maximum Gasteiger partial charge on any atom is 0.244 e. The van der Waals surface area contributed by atoms with E-state index >= 15 is 0 Å². The van der Waals surface area contributed by atoms with Crippen molar-refractivity contribution in [3.63, 3.8) is 0 Å². The van der Waals surface area contributed by atoms with Crippen LogP contribution in [0.2, 0.25) is 0 Å². The van der Waals surface area contributed by atoms with Crippen molar-refractivity contribution in [1.29, 1.82) is 0 Å². The molecule has 3 rings (SSSR count). The molecule has 1 amide bonds. The number of carbonyl (C=O) groups is 1. The fraction of sp³-hybridized carbons (Fsp3) is 0.300. The fourth-order valence-electron chi connectivity index (χ4n) is 3.75. The number of unbranched alkanes of at least 4 members (excludes halogenated alkanes) is 4. The number of hydrogen-bond acceptors (Lipinski definition) is 2. The van der Waals surface area contributed by atoms with Gasteiger partial charge < -0.3 is 10.1 Å². The van der Waals surface area contributed by atoms with Crippen molar-refractivity contribution in [2.24, 2.45) is 0 Å². The molecule has 1 atom stereocenters. The minimum Gasteiger partial charge on any atom is -0.494 e. The minimum atomic E-state index is -0.104. The van der Waals surface area contributed by atoms with Gasteiger partial charge in [-0.2, -0.15) is 0 Å². The lowest BCUT2D eigenvalue weighted by Crippen LogP contribution is -2.28. The Morgan fingerprint density at radius 2 is 1.52 bits per heavy atom. The Balaban J connectivity index is 1.52. The van der Waals surface area contributed by atoms with Crippen molar-refractivity contribution in [2.45, 2.75) is 51.5 Å². The second-order valence-corrected chi connectivity index (χ2v) is 8.33. The molecule has 3 aromatic carbocycles. The SMILES string of the molecule is CCCCCCCOc1ccc(/C=C/C(=O)NC(Cc2ccccc2)c2ccccc2)cc1. The van der Waals surface area contributed by atoms with Gasteiger partial charge in [0.1, 0.15) is 5.75 Å². The quantitative estimate of drug-likeness (QED) is 0.226. The van der Waals surface area contributed by atoms with Crippen molar-refractivity contribution < 1.29 is 9.53 Å².